The predicted molar refractivity (Wildman–Crippen MR) is 34.7 cm³/mol. The number of nitrogens with zero attached hydrogens (tertiary/aromatic N) is 2. The van der Waals surface area contributed by atoms with Crippen molar-refractivity contribution in [1.82, 2.24) is 4.98 Å². The summed E-state index contributed by atoms with van der Waals surface area (Å²) in [5, 5.41) is 0. The van der Waals surface area contributed by atoms with E-state index < -0.39 is 0 Å². The minimum atomic E-state index is 1.09. The average molecular weight is 123 g/mol. The quantitative estimate of drug-likeness (QED) is 0.531. The summed E-state index contributed by atoms with van der Waals surface area (Å²) in [6.07, 6.45) is 8.73. The van der Waals surface area contributed by atoms with E-state index in [1.165, 1.54) is 6.42 Å². The number of hydrogen-bond donors (Lipinski definition) is 0. The van der Waals surface area contributed by atoms with Gasteiger partial charge in [0.15, 0.2) is 12.4 Å². The van der Waals surface area contributed by atoms with Gasteiger partial charge >= 0.3 is 0 Å². The minimum absolute atomic E-state index is 1.09. The molecule has 0 amide bonds. The van der Waals surface area contributed by atoms with Crippen molar-refractivity contribution in [3.63, 3.8) is 0 Å². The molecule has 0 unspecified atom stereocenters. The summed E-state index contributed by atoms with van der Waals surface area (Å²) in [4.78, 5) is 3.91. The maximum Gasteiger partial charge on any atom is 0.187 e. The molecule has 1 aromatic heterocycles. The van der Waals surface area contributed by atoms with Crippen molar-refractivity contribution in [2.75, 3.05) is 0 Å². The molecule has 2 heteroatoms. The van der Waals surface area contributed by atoms with E-state index in [0.29, 0.717) is 0 Å². The minimum Gasteiger partial charge on any atom is -0.252 e. The number of aromatic nitrogens is 2. The first-order valence-electron chi connectivity index (χ1n) is 3.22. The molecule has 0 bridgehead atoms. The van der Waals surface area contributed by atoms with E-state index in [2.05, 4.69) is 16.5 Å². The van der Waals surface area contributed by atoms with Gasteiger partial charge in [0.05, 0.1) is 12.4 Å². The number of aryl methyl sites for hydroxylation is 1. The molecule has 0 aromatic carbocycles. The maximum absolute atomic E-state index is 3.91. The van der Waals surface area contributed by atoms with Crippen LogP contribution in [0.25, 0.3) is 0 Å². The summed E-state index contributed by atoms with van der Waals surface area (Å²) in [6, 6.07) is 0. The van der Waals surface area contributed by atoms with Crippen molar-refractivity contribution in [3.8, 4) is 0 Å². The fourth-order valence-electron chi connectivity index (χ4n) is 0.755. The summed E-state index contributed by atoms with van der Waals surface area (Å²) in [7, 11) is 0. The normalized spacial score (nSPS) is 9.44. The van der Waals surface area contributed by atoms with E-state index in [-0.39, 0.29) is 0 Å². The SMILES string of the molecule is CCC[n+]1ccncc1. The summed E-state index contributed by atoms with van der Waals surface area (Å²) in [5.74, 6) is 0. The second kappa shape index (κ2) is 3.17. The van der Waals surface area contributed by atoms with E-state index >= 15 is 0 Å². The van der Waals surface area contributed by atoms with Crippen molar-refractivity contribution in [2.45, 2.75) is 19.9 Å². The molecule has 0 saturated carbocycles. The van der Waals surface area contributed by atoms with Gasteiger partial charge in [-0.1, -0.05) is 6.92 Å². The summed E-state index contributed by atoms with van der Waals surface area (Å²) < 4.78 is 2.12. The van der Waals surface area contributed by atoms with E-state index in [9.17, 15) is 0 Å². The largest absolute Gasteiger partial charge is 0.252 e. The van der Waals surface area contributed by atoms with Gasteiger partial charge in [-0.15, -0.1) is 0 Å². The fourth-order valence-corrected chi connectivity index (χ4v) is 0.755. The summed E-state index contributed by atoms with van der Waals surface area (Å²) >= 11 is 0. The summed E-state index contributed by atoms with van der Waals surface area (Å²) in [6.45, 7) is 3.25. The molecular formula is C7H11N2+. The molecule has 0 radical (unpaired) electrons. The lowest BCUT2D eigenvalue weighted by Crippen LogP contribution is -2.31. The Morgan fingerprint density at radius 3 is 2.56 bits per heavy atom. The molecule has 1 aromatic rings. The molecule has 1 heterocycles. The van der Waals surface area contributed by atoms with Gasteiger partial charge in [-0.3, -0.25) is 4.98 Å². The molecule has 0 aliphatic heterocycles. The Balaban J connectivity index is 2.61. The van der Waals surface area contributed by atoms with Crippen molar-refractivity contribution in [1.29, 1.82) is 0 Å². The molecule has 0 aliphatic carbocycles. The Morgan fingerprint density at radius 1 is 1.33 bits per heavy atom. The lowest BCUT2D eigenvalue weighted by Gasteiger charge is -1.88. The Morgan fingerprint density at radius 2 is 2.00 bits per heavy atom. The number of hydrogen-bond acceptors (Lipinski definition) is 1. The van der Waals surface area contributed by atoms with Crippen LogP contribution in [0.4, 0.5) is 0 Å². The Labute approximate surface area is 55.2 Å². The van der Waals surface area contributed by atoms with Gasteiger partial charge < -0.3 is 0 Å². The second-order valence-corrected chi connectivity index (χ2v) is 1.98. The highest BCUT2D eigenvalue weighted by Crippen LogP contribution is 1.74. The molecule has 2 nitrogen and oxygen atoms in total. The zero-order valence-corrected chi connectivity index (χ0v) is 5.62. The van der Waals surface area contributed by atoms with Crippen molar-refractivity contribution in [3.05, 3.63) is 24.8 Å². The molecule has 0 fully saturated rings. The van der Waals surface area contributed by atoms with Crippen LogP contribution in [0.2, 0.25) is 0 Å². The van der Waals surface area contributed by atoms with Crippen LogP contribution >= 0.6 is 0 Å². The highest BCUT2D eigenvalue weighted by molar-refractivity contribution is 4.62. The van der Waals surface area contributed by atoms with Crippen molar-refractivity contribution in [2.24, 2.45) is 0 Å². The highest BCUT2D eigenvalue weighted by Gasteiger charge is 1.91. The van der Waals surface area contributed by atoms with Crippen LogP contribution in [0.5, 0.6) is 0 Å². The van der Waals surface area contributed by atoms with Crippen molar-refractivity contribution < 1.29 is 4.57 Å². The molecule has 9 heavy (non-hydrogen) atoms. The first-order valence-corrected chi connectivity index (χ1v) is 3.22. The highest BCUT2D eigenvalue weighted by atomic mass is 14.9. The van der Waals surface area contributed by atoms with Crippen LogP contribution in [-0.2, 0) is 6.54 Å². The van der Waals surface area contributed by atoms with E-state index in [0.717, 1.165) is 6.54 Å². The van der Waals surface area contributed by atoms with E-state index in [4.69, 9.17) is 0 Å². The first-order chi connectivity index (χ1) is 4.43. The van der Waals surface area contributed by atoms with Gasteiger partial charge in [-0.05, 0) is 0 Å². The Hall–Kier alpha value is -0.920. The molecule has 48 valence electrons. The Kier molecular flexibility index (Phi) is 2.19. The lowest BCUT2D eigenvalue weighted by atomic mass is 10.5. The van der Waals surface area contributed by atoms with Gasteiger partial charge in [0.1, 0.15) is 6.54 Å². The zero-order valence-electron chi connectivity index (χ0n) is 5.62. The lowest BCUT2D eigenvalue weighted by molar-refractivity contribution is -0.697. The van der Waals surface area contributed by atoms with Crippen LogP contribution in [0.15, 0.2) is 24.8 Å². The monoisotopic (exact) mass is 123 g/mol. The third-order valence-corrected chi connectivity index (χ3v) is 1.17. The van der Waals surface area contributed by atoms with Crippen LogP contribution in [-0.4, -0.2) is 4.98 Å². The maximum atomic E-state index is 3.91. The molecule has 0 saturated heterocycles. The first kappa shape index (κ1) is 6.20. The van der Waals surface area contributed by atoms with Gasteiger partial charge in [0.2, 0.25) is 0 Å². The van der Waals surface area contributed by atoms with Gasteiger partial charge in [0, 0.05) is 6.42 Å². The molecule has 0 atom stereocenters. The van der Waals surface area contributed by atoms with Crippen molar-refractivity contribution >= 4 is 0 Å². The third-order valence-electron chi connectivity index (χ3n) is 1.17. The molecule has 0 spiro atoms. The fraction of sp³-hybridized carbons (Fsp3) is 0.429. The zero-order chi connectivity index (χ0) is 6.53. The van der Waals surface area contributed by atoms with Crippen LogP contribution in [0, 0.1) is 0 Å². The average Bonchev–Trinajstić information content (AvgIpc) is 1.91. The topological polar surface area (TPSA) is 16.8 Å². The summed E-state index contributed by atoms with van der Waals surface area (Å²) in [5.41, 5.74) is 0. The van der Waals surface area contributed by atoms with Gasteiger partial charge in [-0.25, -0.2) is 4.57 Å². The van der Waals surface area contributed by atoms with E-state index in [1.807, 2.05) is 12.4 Å². The third kappa shape index (κ3) is 1.80. The van der Waals surface area contributed by atoms with Gasteiger partial charge in [-0.2, -0.15) is 0 Å². The number of rotatable bonds is 2. The smallest absolute Gasteiger partial charge is 0.187 e. The molecule has 0 aliphatic rings. The molecule has 1 rings (SSSR count). The van der Waals surface area contributed by atoms with Crippen LogP contribution < -0.4 is 4.57 Å². The standard InChI is InChI=1S/C7H11N2/c1-2-5-9-6-3-8-4-7-9/h3-4,6-7H,2,5H2,1H3/q+1. The van der Waals surface area contributed by atoms with Crippen LogP contribution in [0.3, 0.4) is 0 Å². The molecule has 0 N–H and O–H groups in total. The predicted octanol–water partition coefficient (Wildman–Crippen LogP) is 0.779. The van der Waals surface area contributed by atoms with Crippen LogP contribution in [0.1, 0.15) is 13.3 Å². The Bertz CT molecular complexity index is 160. The second-order valence-electron chi connectivity index (χ2n) is 1.98. The van der Waals surface area contributed by atoms with E-state index in [1.54, 1.807) is 12.4 Å². The molecular weight excluding hydrogens is 112 g/mol. The van der Waals surface area contributed by atoms with Gasteiger partial charge in [0.25, 0.3) is 0 Å².